The number of benzene rings is 4. The summed E-state index contributed by atoms with van der Waals surface area (Å²) in [4.78, 5) is 11.3. The van der Waals surface area contributed by atoms with Gasteiger partial charge in [-0.15, -0.1) is 0 Å². The first-order valence-electron chi connectivity index (χ1n) is 9.52. The van der Waals surface area contributed by atoms with Crippen LogP contribution in [0.1, 0.15) is 5.56 Å². The molecule has 0 aliphatic rings. The van der Waals surface area contributed by atoms with Gasteiger partial charge >= 0.3 is 0 Å². The van der Waals surface area contributed by atoms with Crippen LogP contribution in [0.2, 0.25) is 0 Å². The van der Waals surface area contributed by atoms with Crippen molar-refractivity contribution in [3.63, 3.8) is 0 Å². The standard InChI is InChI=1S/C26H18N2O/c29-16-14-26(24-12-10-20-6-2-4-8-22(20)18-24)28-15-13-25(27-28)23-11-9-19-5-1-3-7-21(19)17-23/h1-18H/b26-14+. The van der Waals surface area contributed by atoms with Crippen LogP contribution in [-0.4, -0.2) is 16.1 Å². The Morgan fingerprint density at radius 2 is 1.38 bits per heavy atom. The van der Waals surface area contributed by atoms with Crippen molar-refractivity contribution in [2.75, 3.05) is 0 Å². The highest BCUT2D eigenvalue weighted by Gasteiger charge is 2.09. The predicted octanol–water partition coefficient (Wildman–Crippen LogP) is 5.94. The maximum Gasteiger partial charge on any atom is 0.145 e. The Bertz CT molecular complexity index is 1380. The molecule has 5 aromatic rings. The Hall–Kier alpha value is -3.98. The molecule has 29 heavy (non-hydrogen) atoms. The fourth-order valence-electron chi connectivity index (χ4n) is 3.68. The fraction of sp³-hybridized carbons (Fsp3) is 0. The highest BCUT2D eigenvalue weighted by atomic mass is 16.1. The number of nitrogens with zero attached hydrogens (tertiary/aromatic N) is 2. The molecule has 0 bridgehead atoms. The van der Waals surface area contributed by atoms with E-state index in [0.29, 0.717) is 0 Å². The summed E-state index contributed by atoms with van der Waals surface area (Å²) in [6.07, 6.45) is 4.26. The topological polar surface area (TPSA) is 34.9 Å². The number of aldehydes is 1. The van der Waals surface area contributed by atoms with E-state index in [1.165, 1.54) is 16.2 Å². The van der Waals surface area contributed by atoms with E-state index in [4.69, 9.17) is 5.10 Å². The minimum atomic E-state index is 0.748. The number of hydrogen-bond acceptors (Lipinski definition) is 2. The zero-order chi connectivity index (χ0) is 19.6. The molecule has 5 rings (SSSR count). The van der Waals surface area contributed by atoms with Gasteiger partial charge in [-0.1, -0.05) is 72.8 Å². The Balaban J connectivity index is 1.56. The highest BCUT2D eigenvalue weighted by Crippen LogP contribution is 2.26. The Morgan fingerprint density at radius 1 is 0.724 bits per heavy atom. The lowest BCUT2D eigenvalue weighted by Gasteiger charge is -2.09. The molecule has 1 aromatic heterocycles. The number of carbonyl (C=O) groups excluding carboxylic acids is 1. The van der Waals surface area contributed by atoms with Crippen LogP contribution in [0, 0.1) is 0 Å². The van der Waals surface area contributed by atoms with Gasteiger partial charge in [-0.25, -0.2) is 4.68 Å². The van der Waals surface area contributed by atoms with Crippen LogP contribution in [0.25, 0.3) is 38.5 Å². The van der Waals surface area contributed by atoms with E-state index in [9.17, 15) is 4.79 Å². The van der Waals surface area contributed by atoms with Crippen LogP contribution in [0.3, 0.4) is 0 Å². The van der Waals surface area contributed by atoms with Crippen molar-refractivity contribution in [3.05, 3.63) is 109 Å². The number of hydrogen-bond donors (Lipinski definition) is 0. The third-order valence-electron chi connectivity index (χ3n) is 5.15. The lowest BCUT2D eigenvalue weighted by Crippen LogP contribution is -2.00. The van der Waals surface area contributed by atoms with Gasteiger partial charge in [0.2, 0.25) is 0 Å². The van der Waals surface area contributed by atoms with Crippen molar-refractivity contribution in [3.8, 4) is 11.3 Å². The van der Waals surface area contributed by atoms with Crippen LogP contribution in [0.15, 0.2) is 103 Å². The molecule has 0 N–H and O–H groups in total. The van der Waals surface area contributed by atoms with E-state index in [0.717, 1.165) is 34.2 Å². The second kappa shape index (κ2) is 7.21. The summed E-state index contributed by atoms with van der Waals surface area (Å²) >= 11 is 0. The quantitative estimate of drug-likeness (QED) is 0.288. The van der Waals surface area contributed by atoms with Crippen molar-refractivity contribution in [2.24, 2.45) is 0 Å². The molecular weight excluding hydrogens is 356 g/mol. The molecule has 1 heterocycles. The fourth-order valence-corrected chi connectivity index (χ4v) is 3.68. The third kappa shape index (κ3) is 3.23. The van der Waals surface area contributed by atoms with Gasteiger partial charge in [-0.2, -0.15) is 5.10 Å². The average Bonchev–Trinajstić information content (AvgIpc) is 3.27. The van der Waals surface area contributed by atoms with Gasteiger partial charge < -0.3 is 0 Å². The van der Waals surface area contributed by atoms with Gasteiger partial charge in [0.1, 0.15) is 6.29 Å². The maximum absolute atomic E-state index is 11.3. The summed E-state index contributed by atoms with van der Waals surface area (Å²) in [5, 5.41) is 9.43. The largest absolute Gasteiger partial charge is 0.298 e. The van der Waals surface area contributed by atoms with Gasteiger partial charge in [0.25, 0.3) is 0 Å². The molecular formula is C26H18N2O. The summed E-state index contributed by atoms with van der Waals surface area (Å²) in [5.41, 5.74) is 3.61. The molecule has 3 heteroatoms. The summed E-state index contributed by atoms with van der Waals surface area (Å²) in [7, 11) is 0. The van der Waals surface area contributed by atoms with Crippen LogP contribution in [0.4, 0.5) is 0 Å². The zero-order valence-electron chi connectivity index (χ0n) is 15.7. The minimum absolute atomic E-state index is 0.748. The Labute approximate surface area is 168 Å². The SMILES string of the molecule is O=C/C=C(\c1ccc2ccccc2c1)n1ccc(-c2ccc3ccccc3c2)n1. The molecule has 0 aliphatic heterocycles. The normalized spacial score (nSPS) is 11.8. The number of allylic oxidation sites excluding steroid dienone is 1. The van der Waals surface area contributed by atoms with Crippen molar-refractivity contribution in [1.82, 2.24) is 9.78 Å². The summed E-state index contributed by atoms with van der Waals surface area (Å²) < 4.78 is 1.77. The third-order valence-corrected chi connectivity index (χ3v) is 5.15. The molecule has 0 spiro atoms. The Kier molecular flexibility index (Phi) is 4.26. The maximum atomic E-state index is 11.3. The molecule has 0 atom stereocenters. The molecule has 3 nitrogen and oxygen atoms in total. The lowest BCUT2D eigenvalue weighted by atomic mass is 10.0. The van der Waals surface area contributed by atoms with E-state index in [1.807, 2.05) is 42.6 Å². The summed E-state index contributed by atoms with van der Waals surface area (Å²) in [6, 6.07) is 30.9. The van der Waals surface area contributed by atoms with Gasteiger partial charge in [0.15, 0.2) is 0 Å². The molecule has 0 unspecified atom stereocenters. The first-order chi connectivity index (χ1) is 14.3. The second-order valence-corrected chi connectivity index (χ2v) is 6.96. The number of aromatic nitrogens is 2. The average molecular weight is 374 g/mol. The van der Waals surface area contributed by atoms with E-state index < -0.39 is 0 Å². The van der Waals surface area contributed by atoms with Gasteiger partial charge in [0.05, 0.1) is 11.4 Å². The van der Waals surface area contributed by atoms with Crippen molar-refractivity contribution in [1.29, 1.82) is 0 Å². The minimum Gasteiger partial charge on any atom is -0.298 e. The highest BCUT2D eigenvalue weighted by molar-refractivity contribution is 5.89. The number of rotatable bonds is 4. The van der Waals surface area contributed by atoms with Gasteiger partial charge in [-0.05, 0) is 39.7 Å². The van der Waals surface area contributed by atoms with Crippen LogP contribution >= 0.6 is 0 Å². The molecule has 4 aromatic carbocycles. The molecule has 0 amide bonds. The van der Waals surface area contributed by atoms with E-state index in [-0.39, 0.29) is 0 Å². The van der Waals surface area contributed by atoms with E-state index in [2.05, 4.69) is 54.6 Å². The summed E-state index contributed by atoms with van der Waals surface area (Å²) in [5.74, 6) is 0. The molecule has 138 valence electrons. The smallest absolute Gasteiger partial charge is 0.145 e. The Morgan fingerprint density at radius 3 is 2.10 bits per heavy atom. The first kappa shape index (κ1) is 17.1. The predicted molar refractivity (Wildman–Crippen MR) is 119 cm³/mol. The van der Waals surface area contributed by atoms with E-state index in [1.54, 1.807) is 10.8 Å². The van der Waals surface area contributed by atoms with Crippen LogP contribution < -0.4 is 0 Å². The molecule has 0 radical (unpaired) electrons. The molecule has 0 aliphatic carbocycles. The molecule has 0 saturated carbocycles. The summed E-state index contributed by atoms with van der Waals surface area (Å²) in [6.45, 7) is 0. The second-order valence-electron chi connectivity index (χ2n) is 6.96. The molecule has 0 fully saturated rings. The van der Waals surface area contributed by atoms with Crippen molar-refractivity contribution < 1.29 is 4.79 Å². The van der Waals surface area contributed by atoms with E-state index >= 15 is 0 Å². The van der Waals surface area contributed by atoms with Gasteiger partial charge in [0, 0.05) is 23.4 Å². The molecule has 0 saturated heterocycles. The van der Waals surface area contributed by atoms with Gasteiger partial charge in [-0.3, -0.25) is 4.79 Å². The first-order valence-corrected chi connectivity index (χ1v) is 9.52. The van der Waals surface area contributed by atoms with Crippen LogP contribution in [-0.2, 0) is 4.79 Å². The van der Waals surface area contributed by atoms with Crippen molar-refractivity contribution in [2.45, 2.75) is 0 Å². The zero-order valence-corrected chi connectivity index (χ0v) is 15.7. The number of fused-ring (bicyclic) bond motifs is 2. The monoisotopic (exact) mass is 374 g/mol. The van der Waals surface area contributed by atoms with Crippen molar-refractivity contribution >= 4 is 33.5 Å². The number of carbonyl (C=O) groups is 1. The lowest BCUT2D eigenvalue weighted by molar-refractivity contribution is -0.104. The van der Waals surface area contributed by atoms with Crippen LogP contribution in [0.5, 0.6) is 0 Å².